The lowest BCUT2D eigenvalue weighted by Crippen LogP contribution is -2.37. The molecule has 1 aromatic rings. The monoisotopic (exact) mass is 292 g/mol. The minimum atomic E-state index is -0.476. The number of amides is 1. The maximum atomic E-state index is 12.3. The minimum absolute atomic E-state index is 0.264. The number of rotatable bonds is 6. The lowest BCUT2D eigenvalue weighted by atomic mass is 10.1. The van der Waals surface area contributed by atoms with Gasteiger partial charge in [-0.2, -0.15) is 0 Å². The molecule has 0 aliphatic heterocycles. The van der Waals surface area contributed by atoms with Crippen molar-refractivity contribution >= 4 is 6.09 Å². The fourth-order valence-corrected chi connectivity index (χ4v) is 1.92. The zero-order valence-electron chi connectivity index (χ0n) is 13.7. The molecule has 118 valence electrons. The quantitative estimate of drug-likeness (QED) is 0.817. The van der Waals surface area contributed by atoms with Gasteiger partial charge in [-0.25, -0.2) is 4.79 Å². The Morgan fingerprint density at radius 3 is 2.33 bits per heavy atom. The Morgan fingerprint density at radius 2 is 1.81 bits per heavy atom. The number of unbranched alkanes of at least 4 members (excludes halogenated alkanes) is 1. The van der Waals surface area contributed by atoms with Gasteiger partial charge in [0.05, 0.1) is 0 Å². The Balaban J connectivity index is 2.71. The number of hydrogen-bond acceptors (Lipinski definition) is 3. The maximum Gasteiger partial charge on any atom is 0.410 e. The molecule has 0 unspecified atom stereocenters. The van der Waals surface area contributed by atoms with Crippen LogP contribution in [0.25, 0.3) is 0 Å². The molecule has 1 rings (SSSR count). The van der Waals surface area contributed by atoms with E-state index in [9.17, 15) is 4.79 Å². The highest BCUT2D eigenvalue weighted by molar-refractivity contribution is 5.68. The number of hydrogen-bond donors (Lipinski definition) is 1. The molecule has 21 heavy (non-hydrogen) atoms. The van der Waals surface area contributed by atoms with Crippen LogP contribution in [0.1, 0.15) is 44.7 Å². The molecule has 0 fully saturated rings. The fraction of sp³-hybridized carbons (Fsp3) is 0.588. The van der Waals surface area contributed by atoms with Crippen LogP contribution in [0.3, 0.4) is 0 Å². The largest absolute Gasteiger partial charge is 0.444 e. The van der Waals surface area contributed by atoms with E-state index < -0.39 is 5.60 Å². The highest BCUT2D eigenvalue weighted by Gasteiger charge is 2.21. The van der Waals surface area contributed by atoms with Crippen molar-refractivity contribution in [2.24, 2.45) is 5.73 Å². The molecule has 1 amide bonds. The Labute approximate surface area is 128 Å². The van der Waals surface area contributed by atoms with Gasteiger partial charge in [-0.15, -0.1) is 0 Å². The van der Waals surface area contributed by atoms with Crippen molar-refractivity contribution in [1.29, 1.82) is 0 Å². The van der Waals surface area contributed by atoms with E-state index in [4.69, 9.17) is 10.5 Å². The first-order chi connectivity index (χ1) is 9.81. The van der Waals surface area contributed by atoms with Crippen molar-refractivity contribution in [2.45, 2.75) is 52.7 Å². The van der Waals surface area contributed by atoms with E-state index in [1.165, 1.54) is 5.56 Å². The third kappa shape index (κ3) is 7.14. The lowest BCUT2D eigenvalue weighted by molar-refractivity contribution is 0.0231. The lowest BCUT2D eigenvalue weighted by Gasteiger charge is -2.27. The fourth-order valence-electron chi connectivity index (χ4n) is 1.92. The second-order valence-electron chi connectivity index (χ2n) is 6.38. The van der Waals surface area contributed by atoms with Crippen molar-refractivity contribution in [3.63, 3.8) is 0 Å². The van der Waals surface area contributed by atoms with Gasteiger partial charge in [0, 0.05) is 13.1 Å². The third-order valence-corrected chi connectivity index (χ3v) is 3.03. The maximum absolute atomic E-state index is 12.3. The van der Waals surface area contributed by atoms with Crippen LogP contribution in [-0.2, 0) is 11.3 Å². The van der Waals surface area contributed by atoms with Gasteiger partial charge in [-0.3, -0.25) is 0 Å². The molecule has 0 aliphatic carbocycles. The Bertz CT molecular complexity index is 435. The number of benzene rings is 1. The van der Waals surface area contributed by atoms with Crippen molar-refractivity contribution in [2.75, 3.05) is 13.1 Å². The third-order valence-electron chi connectivity index (χ3n) is 3.03. The molecule has 0 atom stereocenters. The van der Waals surface area contributed by atoms with Crippen LogP contribution < -0.4 is 5.73 Å². The first kappa shape index (κ1) is 17.5. The summed E-state index contributed by atoms with van der Waals surface area (Å²) in [6, 6.07) is 8.22. The summed E-state index contributed by atoms with van der Waals surface area (Å²) in [5.74, 6) is 0. The average molecular weight is 292 g/mol. The predicted octanol–water partition coefficient (Wildman–Crippen LogP) is 3.47. The Kier molecular flexibility index (Phi) is 6.69. The molecule has 4 heteroatoms. The normalized spacial score (nSPS) is 11.3. The summed E-state index contributed by atoms with van der Waals surface area (Å²) in [5, 5.41) is 0. The molecule has 4 nitrogen and oxygen atoms in total. The summed E-state index contributed by atoms with van der Waals surface area (Å²) in [4.78, 5) is 14.1. The summed E-state index contributed by atoms with van der Waals surface area (Å²) in [5.41, 5.74) is 7.38. The summed E-state index contributed by atoms with van der Waals surface area (Å²) in [7, 11) is 0. The first-order valence-corrected chi connectivity index (χ1v) is 7.55. The van der Waals surface area contributed by atoms with E-state index in [1.54, 1.807) is 4.90 Å². The van der Waals surface area contributed by atoms with Gasteiger partial charge in [0.1, 0.15) is 5.60 Å². The standard InChI is InChI=1S/C17H28N2O2/c1-14-7-9-15(10-8-14)13-19(12-6-5-11-18)16(20)21-17(2,3)4/h7-10H,5-6,11-13,18H2,1-4H3. The molecule has 0 aliphatic rings. The smallest absolute Gasteiger partial charge is 0.410 e. The number of nitrogens with two attached hydrogens (primary N) is 1. The van der Waals surface area contributed by atoms with Crippen LogP contribution in [0.4, 0.5) is 4.79 Å². The summed E-state index contributed by atoms with van der Waals surface area (Å²) in [6.45, 7) is 9.58. The van der Waals surface area contributed by atoms with Crippen molar-refractivity contribution in [1.82, 2.24) is 4.90 Å². The molecule has 1 aromatic carbocycles. The topological polar surface area (TPSA) is 55.6 Å². The van der Waals surface area contributed by atoms with Gasteiger partial charge >= 0.3 is 6.09 Å². The summed E-state index contributed by atoms with van der Waals surface area (Å²) in [6.07, 6.45) is 1.54. The number of aryl methyl sites for hydroxylation is 1. The Hall–Kier alpha value is -1.55. The van der Waals surface area contributed by atoms with Gasteiger partial charge in [0.15, 0.2) is 0 Å². The molecular weight excluding hydrogens is 264 g/mol. The molecule has 0 radical (unpaired) electrons. The van der Waals surface area contributed by atoms with Gasteiger partial charge in [-0.1, -0.05) is 29.8 Å². The van der Waals surface area contributed by atoms with Gasteiger partial charge in [-0.05, 0) is 52.6 Å². The highest BCUT2D eigenvalue weighted by Crippen LogP contribution is 2.14. The van der Waals surface area contributed by atoms with Gasteiger partial charge in [0.2, 0.25) is 0 Å². The number of ether oxygens (including phenoxy) is 1. The van der Waals surface area contributed by atoms with Crippen LogP contribution in [0.2, 0.25) is 0 Å². The first-order valence-electron chi connectivity index (χ1n) is 7.55. The van der Waals surface area contributed by atoms with E-state index in [1.807, 2.05) is 20.8 Å². The molecule has 0 aromatic heterocycles. The molecule has 2 N–H and O–H groups in total. The molecule has 0 spiro atoms. The van der Waals surface area contributed by atoms with E-state index in [0.717, 1.165) is 18.4 Å². The molecule has 0 bridgehead atoms. The molecule has 0 saturated heterocycles. The second-order valence-corrected chi connectivity index (χ2v) is 6.38. The zero-order chi connectivity index (χ0) is 15.9. The van der Waals surface area contributed by atoms with Crippen molar-refractivity contribution in [3.05, 3.63) is 35.4 Å². The predicted molar refractivity (Wildman–Crippen MR) is 86.1 cm³/mol. The number of carbonyl (C=O) groups excluding carboxylic acids is 1. The average Bonchev–Trinajstić information content (AvgIpc) is 2.38. The zero-order valence-corrected chi connectivity index (χ0v) is 13.7. The molecule has 0 heterocycles. The van der Waals surface area contributed by atoms with Gasteiger partial charge in [0.25, 0.3) is 0 Å². The van der Waals surface area contributed by atoms with Crippen molar-refractivity contribution in [3.8, 4) is 0 Å². The number of nitrogens with zero attached hydrogens (tertiary/aromatic N) is 1. The van der Waals surface area contributed by atoms with Crippen LogP contribution in [0.15, 0.2) is 24.3 Å². The molecular formula is C17H28N2O2. The van der Waals surface area contributed by atoms with Crippen LogP contribution in [-0.4, -0.2) is 29.7 Å². The summed E-state index contributed by atoms with van der Waals surface area (Å²) >= 11 is 0. The highest BCUT2D eigenvalue weighted by atomic mass is 16.6. The molecule has 0 saturated carbocycles. The Morgan fingerprint density at radius 1 is 1.19 bits per heavy atom. The van der Waals surface area contributed by atoms with Gasteiger partial charge < -0.3 is 15.4 Å². The van der Waals surface area contributed by atoms with Crippen molar-refractivity contribution < 1.29 is 9.53 Å². The number of carbonyl (C=O) groups is 1. The van der Waals surface area contributed by atoms with E-state index in [2.05, 4.69) is 31.2 Å². The van der Waals surface area contributed by atoms with Crippen LogP contribution >= 0.6 is 0 Å². The minimum Gasteiger partial charge on any atom is -0.444 e. The van der Waals surface area contributed by atoms with E-state index in [0.29, 0.717) is 19.6 Å². The second kappa shape index (κ2) is 8.03. The summed E-state index contributed by atoms with van der Waals surface area (Å²) < 4.78 is 5.48. The van der Waals surface area contributed by atoms with E-state index >= 15 is 0 Å². The van der Waals surface area contributed by atoms with E-state index in [-0.39, 0.29) is 6.09 Å². The SMILES string of the molecule is Cc1ccc(CN(CCCCN)C(=O)OC(C)(C)C)cc1. The van der Waals surface area contributed by atoms with Crippen LogP contribution in [0.5, 0.6) is 0 Å². The van der Waals surface area contributed by atoms with Crippen LogP contribution in [0, 0.1) is 6.92 Å².